The van der Waals surface area contributed by atoms with Crippen LogP contribution in [0.3, 0.4) is 0 Å². The van der Waals surface area contributed by atoms with Crippen LogP contribution < -0.4 is 16.6 Å². The topological polar surface area (TPSA) is 110 Å². The van der Waals surface area contributed by atoms with Crippen LogP contribution in [-0.4, -0.2) is 36.4 Å². The summed E-state index contributed by atoms with van der Waals surface area (Å²) in [5.41, 5.74) is 3.16. The average Bonchev–Trinajstić information content (AvgIpc) is 2.18. The number of rotatable bonds is 5. The van der Waals surface area contributed by atoms with E-state index in [0.29, 0.717) is 5.82 Å². The SMILES string of the molecule is Cc1cnc(NN)nc1NC(C)CS(C)(=O)=O. The number of nitrogens with two attached hydrogens (primary N) is 1. The van der Waals surface area contributed by atoms with Crippen LogP contribution in [0.5, 0.6) is 0 Å². The molecule has 0 aliphatic heterocycles. The van der Waals surface area contributed by atoms with Crippen molar-refractivity contribution in [3.8, 4) is 0 Å². The molecule has 8 heteroatoms. The molecule has 1 aromatic rings. The molecule has 7 nitrogen and oxygen atoms in total. The van der Waals surface area contributed by atoms with E-state index in [9.17, 15) is 8.42 Å². The van der Waals surface area contributed by atoms with E-state index in [-0.39, 0.29) is 17.7 Å². The van der Waals surface area contributed by atoms with E-state index in [1.807, 2.05) is 6.92 Å². The fourth-order valence-corrected chi connectivity index (χ4v) is 2.38. The van der Waals surface area contributed by atoms with Crippen LogP contribution in [0.15, 0.2) is 6.20 Å². The molecule has 0 aliphatic carbocycles. The minimum Gasteiger partial charge on any atom is -0.366 e. The first-order valence-electron chi connectivity index (χ1n) is 5.06. The van der Waals surface area contributed by atoms with Crippen molar-refractivity contribution in [1.82, 2.24) is 9.97 Å². The molecule has 0 saturated carbocycles. The van der Waals surface area contributed by atoms with E-state index in [2.05, 4.69) is 20.7 Å². The van der Waals surface area contributed by atoms with Gasteiger partial charge in [0.2, 0.25) is 5.95 Å². The maximum absolute atomic E-state index is 11.1. The summed E-state index contributed by atoms with van der Waals surface area (Å²) in [7, 11) is -3.02. The Morgan fingerprint density at radius 2 is 2.18 bits per heavy atom. The third kappa shape index (κ3) is 4.53. The largest absolute Gasteiger partial charge is 0.366 e. The molecule has 0 radical (unpaired) electrons. The summed E-state index contributed by atoms with van der Waals surface area (Å²) in [4.78, 5) is 8.04. The maximum Gasteiger partial charge on any atom is 0.239 e. The van der Waals surface area contributed by atoms with Gasteiger partial charge in [0.05, 0.1) is 5.75 Å². The van der Waals surface area contributed by atoms with Gasteiger partial charge in [-0.15, -0.1) is 0 Å². The van der Waals surface area contributed by atoms with E-state index in [1.54, 1.807) is 13.1 Å². The molecule has 1 rings (SSSR count). The molecule has 1 atom stereocenters. The first kappa shape index (κ1) is 13.7. The Hall–Kier alpha value is -1.41. The van der Waals surface area contributed by atoms with E-state index < -0.39 is 9.84 Å². The molecule has 0 fully saturated rings. The summed E-state index contributed by atoms with van der Waals surface area (Å²) in [6.07, 6.45) is 2.81. The summed E-state index contributed by atoms with van der Waals surface area (Å²) in [6, 6.07) is -0.232. The monoisotopic (exact) mass is 259 g/mol. The van der Waals surface area contributed by atoms with Gasteiger partial charge in [0, 0.05) is 24.1 Å². The number of hydrazine groups is 1. The predicted molar refractivity (Wildman–Crippen MR) is 67.4 cm³/mol. The Kier molecular flexibility index (Phi) is 4.24. The zero-order chi connectivity index (χ0) is 13.1. The summed E-state index contributed by atoms with van der Waals surface area (Å²) < 4.78 is 22.3. The zero-order valence-corrected chi connectivity index (χ0v) is 10.9. The van der Waals surface area contributed by atoms with Gasteiger partial charge in [-0.1, -0.05) is 0 Å². The van der Waals surface area contributed by atoms with Crippen LogP contribution >= 0.6 is 0 Å². The second-order valence-electron chi connectivity index (χ2n) is 4.01. The van der Waals surface area contributed by atoms with E-state index >= 15 is 0 Å². The second kappa shape index (κ2) is 5.28. The highest BCUT2D eigenvalue weighted by Gasteiger charge is 2.12. The standard InChI is InChI=1S/C9H17N5O2S/c1-6-4-11-9(14-10)13-8(6)12-7(2)5-17(3,15)16/h4,7H,5,10H2,1-3H3,(H2,11,12,13,14). The van der Waals surface area contributed by atoms with Crippen LogP contribution in [0.1, 0.15) is 12.5 Å². The Labute approximate surface area is 101 Å². The van der Waals surface area contributed by atoms with E-state index in [4.69, 9.17) is 5.84 Å². The van der Waals surface area contributed by atoms with Gasteiger partial charge in [-0.2, -0.15) is 4.98 Å². The highest BCUT2D eigenvalue weighted by Crippen LogP contribution is 2.13. The van der Waals surface area contributed by atoms with Crippen LogP contribution in [0.25, 0.3) is 0 Å². The lowest BCUT2D eigenvalue weighted by Crippen LogP contribution is -2.26. The zero-order valence-electron chi connectivity index (χ0n) is 10.1. The Balaban J connectivity index is 2.80. The molecule has 4 N–H and O–H groups in total. The Morgan fingerprint density at radius 1 is 1.53 bits per heavy atom. The number of sulfone groups is 1. The normalized spacial score (nSPS) is 13.2. The predicted octanol–water partition coefficient (Wildman–Crippen LogP) is -0.0844. The van der Waals surface area contributed by atoms with E-state index in [0.717, 1.165) is 5.56 Å². The quantitative estimate of drug-likeness (QED) is 0.501. The molecule has 1 heterocycles. The van der Waals surface area contributed by atoms with Gasteiger partial charge in [-0.25, -0.2) is 19.2 Å². The van der Waals surface area contributed by atoms with Crippen molar-refractivity contribution in [2.24, 2.45) is 5.84 Å². The molecular formula is C9H17N5O2S. The van der Waals surface area contributed by atoms with Gasteiger partial charge in [0.1, 0.15) is 15.7 Å². The number of nitrogen functional groups attached to an aromatic ring is 1. The first-order chi connectivity index (χ1) is 7.81. The van der Waals surface area contributed by atoms with Crippen LogP contribution in [0.4, 0.5) is 11.8 Å². The Bertz CT molecular complexity index is 488. The van der Waals surface area contributed by atoms with Gasteiger partial charge in [-0.3, -0.25) is 5.43 Å². The molecule has 0 spiro atoms. The molecule has 0 bridgehead atoms. The number of hydrogen-bond acceptors (Lipinski definition) is 7. The average molecular weight is 259 g/mol. The van der Waals surface area contributed by atoms with Gasteiger partial charge in [0.25, 0.3) is 0 Å². The smallest absolute Gasteiger partial charge is 0.239 e. The summed E-state index contributed by atoms with van der Waals surface area (Å²) >= 11 is 0. The van der Waals surface area contributed by atoms with Crippen molar-refractivity contribution in [3.05, 3.63) is 11.8 Å². The lowest BCUT2D eigenvalue weighted by Gasteiger charge is -2.15. The molecule has 0 saturated heterocycles. The van der Waals surface area contributed by atoms with Crippen LogP contribution in [0, 0.1) is 6.92 Å². The molecule has 1 unspecified atom stereocenters. The van der Waals surface area contributed by atoms with Crippen molar-refractivity contribution in [1.29, 1.82) is 0 Å². The molecular weight excluding hydrogens is 242 g/mol. The van der Waals surface area contributed by atoms with Crippen molar-refractivity contribution in [2.75, 3.05) is 22.8 Å². The van der Waals surface area contributed by atoms with Crippen LogP contribution in [-0.2, 0) is 9.84 Å². The van der Waals surface area contributed by atoms with Crippen molar-refractivity contribution < 1.29 is 8.42 Å². The number of aryl methyl sites for hydroxylation is 1. The minimum atomic E-state index is -3.02. The number of nitrogens with one attached hydrogen (secondary N) is 2. The highest BCUT2D eigenvalue weighted by molar-refractivity contribution is 7.90. The summed E-state index contributed by atoms with van der Waals surface area (Å²) in [6.45, 7) is 3.61. The van der Waals surface area contributed by atoms with Gasteiger partial charge in [-0.05, 0) is 13.8 Å². The number of hydrogen-bond donors (Lipinski definition) is 3. The summed E-state index contributed by atoms with van der Waals surface area (Å²) in [5, 5.41) is 3.02. The third-order valence-corrected chi connectivity index (χ3v) is 3.14. The fourth-order valence-electron chi connectivity index (χ4n) is 1.39. The molecule has 0 aliphatic rings. The van der Waals surface area contributed by atoms with Gasteiger partial charge >= 0.3 is 0 Å². The van der Waals surface area contributed by atoms with Crippen molar-refractivity contribution in [2.45, 2.75) is 19.9 Å². The van der Waals surface area contributed by atoms with Gasteiger partial charge in [0.15, 0.2) is 0 Å². The molecule has 17 heavy (non-hydrogen) atoms. The first-order valence-corrected chi connectivity index (χ1v) is 7.12. The molecule has 96 valence electrons. The summed E-state index contributed by atoms with van der Waals surface area (Å²) in [5.74, 6) is 6.10. The lowest BCUT2D eigenvalue weighted by atomic mass is 10.3. The third-order valence-electron chi connectivity index (χ3n) is 2.04. The maximum atomic E-state index is 11.1. The number of anilines is 2. The molecule has 1 aromatic heterocycles. The highest BCUT2D eigenvalue weighted by atomic mass is 32.2. The van der Waals surface area contributed by atoms with Crippen LogP contribution in [0.2, 0.25) is 0 Å². The lowest BCUT2D eigenvalue weighted by molar-refractivity contribution is 0.598. The molecule has 0 amide bonds. The van der Waals surface area contributed by atoms with Crippen molar-refractivity contribution in [3.63, 3.8) is 0 Å². The van der Waals surface area contributed by atoms with Crippen molar-refractivity contribution >= 4 is 21.6 Å². The molecule has 0 aromatic carbocycles. The number of nitrogens with zero attached hydrogens (tertiary/aromatic N) is 2. The Morgan fingerprint density at radius 3 is 2.71 bits per heavy atom. The fraction of sp³-hybridized carbons (Fsp3) is 0.556. The minimum absolute atomic E-state index is 0.0435. The van der Waals surface area contributed by atoms with Gasteiger partial charge < -0.3 is 5.32 Å². The van der Waals surface area contributed by atoms with E-state index in [1.165, 1.54) is 6.26 Å². The number of aromatic nitrogens is 2. The second-order valence-corrected chi connectivity index (χ2v) is 6.19.